The Morgan fingerprint density at radius 1 is 1.53 bits per heavy atom. The van der Waals surface area contributed by atoms with Crippen LogP contribution in [0.3, 0.4) is 0 Å². The molecule has 0 aliphatic rings. The SMILES string of the molecule is CCOC(=O)c1cc(C)cnc1C(C)C. The maximum absolute atomic E-state index is 11.7. The van der Waals surface area contributed by atoms with E-state index in [4.69, 9.17) is 4.74 Å². The zero-order chi connectivity index (χ0) is 11.4. The predicted molar refractivity (Wildman–Crippen MR) is 59.0 cm³/mol. The monoisotopic (exact) mass is 207 g/mol. The summed E-state index contributed by atoms with van der Waals surface area (Å²) >= 11 is 0. The highest BCUT2D eigenvalue weighted by Crippen LogP contribution is 2.18. The van der Waals surface area contributed by atoms with E-state index in [1.54, 1.807) is 13.1 Å². The summed E-state index contributed by atoms with van der Waals surface area (Å²) in [4.78, 5) is 15.9. The molecule has 1 aromatic heterocycles. The van der Waals surface area contributed by atoms with Crippen molar-refractivity contribution in [1.82, 2.24) is 4.98 Å². The number of aryl methyl sites for hydroxylation is 1. The topological polar surface area (TPSA) is 39.2 Å². The Labute approximate surface area is 90.5 Å². The van der Waals surface area contributed by atoms with Crippen LogP contribution in [0.5, 0.6) is 0 Å². The molecule has 15 heavy (non-hydrogen) atoms. The molecule has 0 spiro atoms. The molecule has 1 heterocycles. The molecule has 0 saturated heterocycles. The highest BCUT2D eigenvalue weighted by atomic mass is 16.5. The van der Waals surface area contributed by atoms with Gasteiger partial charge in [-0.3, -0.25) is 4.98 Å². The molecule has 1 rings (SSSR count). The first-order valence-electron chi connectivity index (χ1n) is 5.20. The summed E-state index contributed by atoms with van der Waals surface area (Å²) in [7, 11) is 0. The smallest absolute Gasteiger partial charge is 0.339 e. The molecule has 0 amide bonds. The molecular formula is C12H17NO2. The van der Waals surface area contributed by atoms with Gasteiger partial charge >= 0.3 is 5.97 Å². The first kappa shape index (κ1) is 11.7. The van der Waals surface area contributed by atoms with Crippen LogP contribution in [0, 0.1) is 6.92 Å². The first-order valence-corrected chi connectivity index (χ1v) is 5.20. The van der Waals surface area contributed by atoms with Gasteiger partial charge in [0.05, 0.1) is 17.9 Å². The number of rotatable bonds is 3. The van der Waals surface area contributed by atoms with E-state index in [1.807, 2.05) is 26.8 Å². The van der Waals surface area contributed by atoms with Gasteiger partial charge in [0.25, 0.3) is 0 Å². The lowest BCUT2D eigenvalue weighted by Crippen LogP contribution is -2.11. The molecule has 0 aliphatic heterocycles. The molecule has 0 saturated carbocycles. The van der Waals surface area contributed by atoms with Crippen LogP contribution >= 0.6 is 0 Å². The minimum absolute atomic E-state index is 0.227. The van der Waals surface area contributed by atoms with Gasteiger partial charge in [0, 0.05) is 6.20 Å². The van der Waals surface area contributed by atoms with E-state index in [2.05, 4.69) is 4.98 Å². The minimum atomic E-state index is -0.280. The molecular weight excluding hydrogens is 190 g/mol. The normalized spacial score (nSPS) is 10.5. The zero-order valence-electron chi connectivity index (χ0n) is 9.70. The summed E-state index contributed by atoms with van der Waals surface area (Å²) in [6, 6.07) is 1.83. The van der Waals surface area contributed by atoms with Gasteiger partial charge in [-0.05, 0) is 31.4 Å². The summed E-state index contributed by atoms with van der Waals surface area (Å²) in [6.45, 7) is 8.14. The fraction of sp³-hybridized carbons (Fsp3) is 0.500. The first-order chi connectivity index (χ1) is 7.06. The molecule has 0 radical (unpaired) electrons. The van der Waals surface area contributed by atoms with E-state index in [0.717, 1.165) is 11.3 Å². The number of ether oxygens (including phenoxy) is 1. The van der Waals surface area contributed by atoms with Crippen LogP contribution in [0.4, 0.5) is 0 Å². The van der Waals surface area contributed by atoms with Crippen molar-refractivity contribution in [2.24, 2.45) is 0 Å². The van der Waals surface area contributed by atoms with Crippen LogP contribution in [0.25, 0.3) is 0 Å². The molecule has 3 nitrogen and oxygen atoms in total. The zero-order valence-corrected chi connectivity index (χ0v) is 9.70. The summed E-state index contributed by atoms with van der Waals surface area (Å²) in [5, 5.41) is 0. The van der Waals surface area contributed by atoms with Crippen LogP contribution in [0.1, 0.15) is 48.3 Å². The fourth-order valence-electron chi connectivity index (χ4n) is 1.41. The molecule has 1 aromatic rings. The minimum Gasteiger partial charge on any atom is -0.462 e. The maximum atomic E-state index is 11.7. The Morgan fingerprint density at radius 3 is 2.73 bits per heavy atom. The average molecular weight is 207 g/mol. The second-order valence-electron chi connectivity index (χ2n) is 3.82. The molecule has 0 atom stereocenters. The number of carbonyl (C=O) groups excluding carboxylic acids is 1. The number of pyridine rings is 1. The lowest BCUT2D eigenvalue weighted by molar-refractivity contribution is 0.0524. The van der Waals surface area contributed by atoms with Crippen molar-refractivity contribution in [3.05, 3.63) is 29.1 Å². The third-order valence-electron chi connectivity index (χ3n) is 2.10. The highest BCUT2D eigenvalue weighted by molar-refractivity contribution is 5.90. The van der Waals surface area contributed by atoms with Crippen LogP contribution < -0.4 is 0 Å². The maximum Gasteiger partial charge on any atom is 0.339 e. The second-order valence-corrected chi connectivity index (χ2v) is 3.82. The molecule has 0 aromatic carbocycles. The van der Waals surface area contributed by atoms with Gasteiger partial charge in [0.15, 0.2) is 0 Å². The Hall–Kier alpha value is -1.38. The second kappa shape index (κ2) is 4.91. The van der Waals surface area contributed by atoms with Crippen LogP contribution in [-0.2, 0) is 4.74 Å². The quantitative estimate of drug-likeness (QED) is 0.715. The lowest BCUT2D eigenvalue weighted by Gasteiger charge is -2.11. The fourth-order valence-corrected chi connectivity index (χ4v) is 1.41. The number of hydrogen-bond donors (Lipinski definition) is 0. The number of aromatic nitrogens is 1. The lowest BCUT2D eigenvalue weighted by atomic mass is 10.0. The van der Waals surface area contributed by atoms with Crippen molar-refractivity contribution in [2.45, 2.75) is 33.6 Å². The number of hydrogen-bond acceptors (Lipinski definition) is 3. The molecule has 82 valence electrons. The predicted octanol–water partition coefficient (Wildman–Crippen LogP) is 2.69. The van der Waals surface area contributed by atoms with Gasteiger partial charge in [-0.1, -0.05) is 13.8 Å². The summed E-state index contributed by atoms with van der Waals surface area (Å²) < 4.78 is 4.99. The van der Waals surface area contributed by atoms with Gasteiger partial charge in [-0.25, -0.2) is 4.79 Å². The van der Waals surface area contributed by atoms with E-state index >= 15 is 0 Å². The van der Waals surface area contributed by atoms with Gasteiger partial charge in [-0.2, -0.15) is 0 Å². The standard InChI is InChI=1S/C12H17NO2/c1-5-15-12(14)10-6-9(4)7-13-11(10)8(2)3/h6-8H,5H2,1-4H3. The average Bonchev–Trinajstić information content (AvgIpc) is 2.17. The van der Waals surface area contributed by atoms with Crippen molar-refractivity contribution in [1.29, 1.82) is 0 Å². The van der Waals surface area contributed by atoms with E-state index in [-0.39, 0.29) is 11.9 Å². The summed E-state index contributed by atoms with van der Waals surface area (Å²) in [6.07, 6.45) is 1.78. The van der Waals surface area contributed by atoms with Crippen molar-refractivity contribution in [3.63, 3.8) is 0 Å². The van der Waals surface area contributed by atoms with E-state index in [9.17, 15) is 4.79 Å². The number of esters is 1. The molecule has 3 heteroatoms. The van der Waals surface area contributed by atoms with Crippen molar-refractivity contribution >= 4 is 5.97 Å². The van der Waals surface area contributed by atoms with Gasteiger partial charge in [0.2, 0.25) is 0 Å². The Balaban J connectivity index is 3.12. The van der Waals surface area contributed by atoms with Crippen molar-refractivity contribution in [2.75, 3.05) is 6.61 Å². The Kier molecular flexibility index (Phi) is 3.83. The van der Waals surface area contributed by atoms with E-state index in [0.29, 0.717) is 12.2 Å². The molecule has 0 fully saturated rings. The molecule has 0 N–H and O–H groups in total. The molecule has 0 bridgehead atoms. The van der Waals surface area contributed by atoms with Gasteiger partial charge in [-0.15, -0.1) is 0 Å². The third-order valence-corrected chi connectivity index (χ3v) is 2.10. The van der Waals surface area contributed by atoms with Gasteiger partial charge < -0.3 is 4.74 Å². The van der Waals surface area contributed by atoms with Crippen molar-refractivity contribution < 1.29 is 9.53 Å². The van der Waals surface area contributed by atoms with Crippen LogP contribution in [0.2, 0.25) is 0 Å². The van der Waals surface area contributed by atoms with E-state index in [1.165, 1.54) is 0 Å². The highest BCUT2D eigenvalue weighted by Gasteiger charge is 2.16. The summed E-state index contributed by atoms with van der Waals surface area (Å²) in [5.74, 6) is -0.0533. The number of carbonyl (C=O) groups is 1. The Bertz CT molecular complexity index is 359. The molecule has 0 unspecified atom stereocenters. The largest absolute Gasteiger partial charge is 0.462 e. The number of nitrogens with zero attached hydrogens (tertiary/aromatic N) is 1. The molecule has 0 aliphatic carbocycles. The van der Waals surface area contributed by atoms with E-state index < -0.39 is 0 Å². The van der Waals surface area contributed by atoms with Crippen LogP contribution in [-0.4, -0.2) is 17.6 Å². The van der Waals surface area contributed by atoms with Gasteiger partial charge in [0.1, 0.15) is 0 Å². The van der Waals surface area contributed by atoms with Crippen molar-refractivity contribution in [3.8, 4) is 0 Å². The third kappa shape index (κ3) is 2.78. The Morgan fingerprint density at radius 2 is 2.20 bits per heavy atom. The summed E-state index contributed by atoms with van der Waals surface area (Å²) in [5.41, 5.74) is 2.37. The van der Waals surface area contributed by atoms with Crippen LogP contribution in [0.15, 0.2) is 12.3 Å².